The van der Waals surface area contributed by atoms with Crippen LogP contribution in [0.1, 0.15) is 66.7 Å². The van der Waals surface area contributed by atoms with E-state index in [1.807, 2.05) is 13.8 Å². The zero-order chi connectivity index (χ0) is 23.6. The van der Waals surface area contributed by atoms with Crippen molar-refractivity contribution in [3.05, 3.63) is 12.2 Å². The second-order valence-corrected chi connectivity index (χ2v) is 20.6. The molecule has 6 heteroatoms. The van der Waals surface area contributed by atoms with Gasteiger partial charge in [-0.15, -0.1) is 0 Å². The van der Waals surface area contributed by atoms with Crippen molar-refractivity contribution in [1.29, 1.82) is 0 Å². The number of Topliss-reactive ketones (excluding diaryl/α,β-unsaturated/α-hetero) is 1. The second kappa shape index (κ2) is 13.0. The minimum absolute atomic E-state index is 0.0564. The first-order valence-electron chi connectivity index (χ1n) is 11.6. The summed E-state index contributed by atoms with van der Waals surface area (Å²) in [6.07, 6.45) is 4.65. The molecular formula is C24H48O4Si2. The Hall–Kier alpha value is -0.726. The van der Waals surface area contributed by atoms with E-state index in [-0.39, 0.29) is 23.3 Å². The first-order valence-corrected chi connectivity index (χ1v) is 18.2. The van der Waals surface area contributed by atoms with Gasteiger partial charge in [0, 0.05) is 12.0 Å². The fourth-order valence-electron chi connectivity index (χ4n) is 4.17. The summed E-state index contributed by atoms with van der Waals surface area (Å²) < 4.78 is 12.0. The van der Waals surface area contributed by atoms with Gasteiger partial charge in [-0.2, -0.15) is 0 Å². The Morgan fingerprint density at radius 3 is 2.07 bits per heavy atom. The van der Waals surface area contributed by atoms with Gasteiger partial charge < -0.3 is 9.16 Å². The van der Waals surface area contributed by atoms with Gasteiger partial charge in [0.25, 0.3) is 0 Å². The maximum Gasteiger partial charge on any atom is 0.308 e. The predicted molar refractivity (Wildman–Crippen MR) is 133 cm³/mol. The lowest BCUT2D eigenvalue weighted by molar-refractivity contribution is -0.147. The number of ketones is 1. The average Bonchev–Trinajstić information content (AvgIpc) is 2.55. The van der Waals surface area contributed by atoms with Crippen LogP contribution in [0.4, 0.5) is 0 Å². The molecule has 0 fully saturated rings. The fourth-order valence-corrected chi connectivity index (χ4v) is 10.8. The normalized spacial score (nSPS) is 12.9. The highest BCUT2D eigenvalue weighted by atomic mass is 28.4. The average molecular weight is 457 g/mol. The number of ether oxygens (including phenoxy) is 1. The van der Waals surface area contributed by atoms with Gasteiger partial charge in [-0.3, -0.25) is 9.59 Å². The molecule has 0 aromatic carbocycles. The molecule has 0 atom stereocenters. The monoisotopic (exact) mass is 456 g/mol. The molecule has 0 aromatic heterocycles. The highest BCUT2D eigenvalue weighted by Crippen LogP contribution is 2.32. The Balaban J connectivity index is 4.36. The van der Waals surface area contributed by atoms with Crippen LogP contribution in [0.15, 0.2) is 12.2 Å². The van der Waals surface area contributed by atoms with E-state index >= 15 is 0 Å². The molecule has 0 aliphatic carbocycles. The molecular weight excluding hydrogens is 408 g/mol. The predicted octanol–water partition coefficient (Wildman–Crippen LogP) is 6.99. The molecule has 0 bridgehead atoms. The van der Waals surface area contributed by atoms with E-state index in [1.54, 1.807) is 6.92 Å². The molecule has 0 aliphatic rings. The summed E-state index contributed by atoms with van der Waals surface area (Å²) in [5.74, 6) is 0.0315. The molecule has 0 radical (unpaired) electrons. The SMILES string of the molecule is C=C(C)C(=O)CCCC[Si](C)(C)CC(C)(C)O[Si](C)(C)CCCCOC(=O)C(C)C. The molecule has 0 saturated carbocycles. The van der Waals surface area contributed by atoms with E-state index in [9.17, 15) is 9.59 Å². The summed E-state index contributed by atoms with van der Waals surface area (Å²) in [6, 6.07) is 3.45. The van der Waals surface area contributed by atoms with Crippen molar-refractivity contribution in [3.63, 3.8) is 0 Å². The van der Waals surface area contributed by atoms with Crippen molar-refractivity contribution in [1.82, 2.24) is 0 Å². The fraction of sp³-hybridized carbons (Fsp3) is 0.833. The molecule has 0 heterocycles. The standard InChI is InChI=1S/C24H48O4Si2/c1-20(2)22(25)15-11-13-17-29(7,8)19-24(5,6)28-30(9,10)18-14-12-16-27-23(26)21(3)4/h21H,1,11-19H2,2-10H3. The van der Waals surface area contributed by atoms with Gasteiger partial charge in [-0.05, 0) is 64.4 Å². The molecule has 0 aliphatic heterocycles. The van der Waals surface area contributed by atoms with Gasteiger partial charge in [-0.1, -0.05) is 52.4 Å². The molecule has 0 saturated heterocycles. The van der Waals surface area contributed by atoms with Crippen molar-refractivity contribution < 1.29 is 18.8 Å². The highest BCUT2D eigenvalue weighted by Gasteiger charge is 2.36. The molecule has 0 aromatic rings. The summed E-state index contributed by atoms with van der Waals surface area (Å²) >= 11 is 0. The minimum atomic E-state index is -1.78. The zero-order valence-corrected chi connectivity index (χ0v) is 23.3. The lowest BCUT2D eigenvalue weighted by atomic mass is 10.1. The summed E-state index contributed by atoms with van der Waals surface area (Å²) in [4.78, 5) is 23.2. The van der Waals surface area contributed by atoms with Gasteiger partial charge in [0.15, 0.2) is 14.1 Å². The quantitative estimate of drug-likeness (QED) is 0.109. The van der Waals surface area contributed by atoms with Crippen LogP contribution in [0, 0.1) is 5.92 Å². The van der Waals surface area contributed by atoms with E-state index in [2.05, 4.69) is 46.6 Å². The number of allylic oxidation sites excluding steroid dienone is 1. The number of rotatable bonds is 16. The lowest BCUT2D eigenvalue weighted by Crippen LogP contribution is -2.45. The Kier molecular flexibility index (Phi) is 12.7. The number of esters is 1. The molecule has 0 spiro atoms. The summed E-state index contributed by atoms with van der Waals surface area (Å²) in [5, 5.41) is 0. The van der Waals surface area contributed by atoms with E-state index in [0.717, 1.165) is 37.8 Å². The van der Waals surface area contributed by atoms with E-state index in [0.29, 0.717) is 18.6 Å². The molecule has 0 rings (SSSR count). The Morgan fingerprint density at radius 1 is 0.967 bits per heavy atom. The van der Waals surface area contributed by atoms with Gasteiger partial charge >= 0.3 is 5.97 Å². The van der Waals surface area contributed by atoms with E-state index in [4.69, 9.17) is 9.16 Å². The number of hydrogen-bond donors (Lipinski definition) is 0. The Morgan fingerprint density at radius 2 is 1.53 bits per heavy atom. The third-order valence-electron chi connectivity index (χ3n) is 5.33. The van der Waals surface area contributed by atoms with Crippen LogP contribution in [-0.2, 0) is 18.8 Å². The van der Waals surface area contributed by atoms with Crippen LogP contribution in [-0.4, -0.2) is 40.4 Å². The van der Waals surface area contributed by atoms with Crippen LogP contribution >= 0.6 is 0 Å². The van der Waals surface area contributed by atoms with E-state index in [1.165, 1.54) is 6.04 Å². The van der Waals surface area contributed by atoms with Crippen molar-refractivity contribution >= 4 is 28.1 Å². The second-order valence-electron chi connectivity index (χ2n) is 11.2. The molecule has 30 heavy (non-hydrogen) atoms. The first-order chi connectivity index (χ1) is 13.6. The third kappa shape index (κ3) is 14.3. The Labute approximate surface area is 188 Å². The lowest BCUT2D eigenvalue weighted by Gasteiger charge is -2.40. The van der Waals surface area contributed by atoms with Crippen LogP contribution in [0.3, 0.4) is 0 Å². The third-order valence-corrected chi connectivity index (χ3v) is 11.5. The van der Waals surface area contributed by atoms with Crippen molar-refractivity contribution in [3.8, 4) is 0 Å². The summed E-state index contributed by atoms with van der Waals surface area (Å²) in [6.45, 7) is 23.7. The summed E-state index contributed by atoms with van der Waals surface area (Å²) in [5.41, 5.74) is 0.564. The number of carbonyl (C=O) groups is 2. The smallest absolute Gasteiger partial charge is 0.308 e. The molecule has 0 amide bonds. The van der Waals surface area contributed by atoms with Gasteiger partial charge in [-0.25, -0.2) is 0 Å². The maximum absolute atomic E-state index is 11.7. The number of carbonyl (C=O) groups excluding carboxylic acids is 2. The van der Waals surface area contributed by atoms with Gasteiger partial charge in [0.1, 0.15) is 0 Å². The molecule has 0 N–H and O–H groups in total. The van der Waals surface area contributed by atoms with Crippen LogP contribution < -0.4 is 0 Å². The minimum Gasteiger partial charge on any atom is -0.465 e. The Bertz CT molecular complexity index is 566. The molecule has 176 valence electrons. The van der Waals surface area contributed by atoms with Crippen molar-refractivity contribution in [2.24, 2.45) is 5.92 Å². The van der Waals surface area contributed by atoms with E-state index < -0.39 is 16.4 Å². The van der Waals surface area contributed by atoms with Crippen LogP contribution in [0.5, 0.6) is 0 Å². The largest absolute Gasteiger partial charge is 0.465 e. The van der Waals surface area contributed by atoms with Crippen LogP contribution in [0.2, 0.25) is 44.3 Å². The molecule has 0 unspecified atom stereocenters. The highest BCUT2D eigenvalue weighted by molar-refractivity contribution is 6.77. The van der Waals surface area contributed by atoms with Crippen LogP contribution in [0.25, 0.3) is 0 Å². The maximum atomic E-state index is 11.7. The van der Waals surface area contributed by atoms with Gasteiger partial charge in [0.2, 0.25) is 0 Å². The zero-order valence-electron chi connectivity index (χ0n) is 21.3. The number of hydrogen-bond acceptors (Lipinski definition) is 4. The van der Waals surface area contributed by atoms with Crippen molar-refractivity contribution in [2.45, 2.75) is 117 Å². The molecule has 4 nitrogen and oxygen atoms in total. The van der Waals surface area contributed by atoms with Gasteiger partial charge in [0.05, 0.1) is 20.6 Å². The summed E-state index contributed by atoms with van der Waals surface area (Å²) in [7, 11) is -3.17. The first kappa shape index (κ1) is 29.3. The van der Waals surface area contributed by atoms with Crippen molar-refractivity contribution in [2.75, 3.05) is 6.61 Å². The number of unbranched alkanes of at least 4 members (excludes halogenated alkanes) is 2. The topological polar surface area (TPSA) is 52.6 Å².